The molecule has 1 aromatic rings. The smallest absolute Gasteiger partial charge is 0.241 e. The molecule has 3 N–H and O–H groups in total. The molecule has 0 aliphatic heterocycles. The third-order valence-corrected chi connectivity index (χ3v) is 3.60. The second-order valence-corrected chi connectivity index (χ2v) is 6.29. The molecular formula is C18H30FIN4O. The van der Waals surface area contributed by atoms with Crippen molar-refractivity contribution < 1.29 is 9.18 Å². The van der Waals surface area contributed by atoms with Crippen LogP contribution in [0.1, 0.15) is 39.7 Å². The van der Waals surface area contributed by atoms with Crippen molar-refractivity contribution in [3.63, 3.8) is 0 Å². The number of aliphatic imine (C=N–C) groups is 1. The minimum absolute atomic E-state index is 0. The molecule has 0 aromatic heterocycles. The van der Waals surface area contributed by atoms with Crippen molar-refractivity contribution >= 4 is 35.8 Å². The van der Waals surface area contributed by atoms with Crippen molar-refractivity contribution in [1.82, 2.24) is 16.0 Å². The van der Waals surface area contributed by atoms with Gasteiger partial charge in [0, 0.05) is 25.0 Å². The summed E-state index contributed by atoms with van der Waals surface area (Å²) < 4.78 is 13.4. The van der Waals surface area contributed by atoms with Gasteiger partial charge >= 0.3 is 0 Å². The molecule has 0 radical (unpaired) electrons. The van der Waals surface area contributed by atoms with Crippen molar-refractivity contribution in [3.8, 4) is 0 Å². The second kappa shape index (κ2) is 12.1. The van der Waals surface area contributed by atoms with E-state index >= 15 is 0 Å². The quantitative estimate of drug-likeness (QED) is 0.315. The Morgan fingerprint density at radius 2 is 1.92 bits per heavy atom. The van der Waals surface area contributed by atoms with Crippen LogP contribution in [0, 0.1) is 5.82 Å². The van der Waals surface area contributed by atoms with Crippen LogP contribution in [-0.4, -0.2) is 38.0 Å². The molecule has 0 heterocycles. The maximum atomic E-state index is 13.4. The van der Waals surface area contributed by atoms with Crippen LogP contribution in [0.4, 0.5) is 4.39 Å². The van der Waals surface area contributed by atoms with Crippen LogP contribution in [0.25, 0.3) is 0 Å². The molecule has 5 nitrogen and oxygen atoms in total. The molecule has 0 bridgehead atoms. The molecule has 1 amide bonds. The van der Waals surface area contributed by atoms with Crippen LogP contribution in [0.15, 0.2) is 29.3 Å². The second-order valence-electron chi connectivity index (χ2n) is 6.29. The third kappa shape index (κ3) is 9.04. The molecular weight excluding hydrogens is 434 g/mol. The van der Waals surface area contributed by atoms with Gasteiger partial charge in [0.25, 0.3) is 0 Å². The summed E-state index contributed by atoms with van der Waals surface area (Å²) in [5.41, 5.74) is 0.634. The molecule has 7 heteroatoms. The number of halogens is 2. The number of rotatable bonds is 8. The van der Waals surface area contributed by atoms with Crippen molar-refractivity contribution in [2.24, 2.45) is 4.99 Å². The van der Waals surface area contributed by atoms with E-state index in [1.807, 2.05) is 33.8 Å². The van der Waals surface area contributed by atoms with Gasteiger partial charge in [-0.3, -0.25) is 4.79 Å². The van der Waals surface area contributed by atoms with Gasteiger partial charge in [0.1, 0.15) is 12.4 Å². The Kier molecular flexibility index (Phi) is 11.4. The van der Waals surface area contributed by atoms with Gasteiger partial charge in [-0.15, -0.1) is 24.0 Å². The zero-order valence-corrected chi connectivity index (χ0v) is 17.8. The van der Waals surface area contributed by atoms with Crippen LogP contribution in [-0.2, 0) is 10.2 Å². The monoisotopic (exact) mass is 464 g/mol. The van der Waals surface area contributed by atoms with E-state index in [9.17, 15) is 9.18 Å². The zero-order valence-electron chi connectivity index (χ0n) is 15.5. The van der Waals surface area contributed by atoms with E-state index in [0.29, 0.717) is 25.6 Å². The number of benzene rings is 1. The van der Waals surface area contributed by atoms with Crippen LogP contribution in [0.5, 0.6) is 0 Å². The summed E-state index contributed by atoms with van der Waals surface area (Å²) in [5.74, 6) is 0.237. The van der Waals surface area contributed by atoms with Crippen molar-refractivity contribution in [3.05, 3.63) is 35.6 Å². The summed E-state index contributed by atoms with van der Waals surface area (Å²) in [7, 11) is 0. The Morgan fingerprint density at radius 1 is 1.20 bits per heavy atom. The first kappa shape index (κ1) is 23.6. The van der Waals surface area contributed by atoms with Crippen LogP contribution < -0.4 is 16.0 Å². The Morgan fingerprint density at radius 3 is 2.52 bits per heavy atom. The maximum absolute atomic E-state index is 13.4. The minimum Gasteiger partial charge on any atom is -0.357 e. The van der Waals surface area contributed by atoms with Crippen molar-refractivity contribution in [2.75, 3.05) is 26.2 Å². The largest absolute Gasteiger partial charge is 0.357 e. The SMILES string of the molecule is CCCNC(=O)CN=C(NCC)NCC(C)(C)c1cccc(F)c1.I. The lowest BCUT2D eigenvalue weighted by molar-refractivity contribution is -0.119. The van der Waals surface area contributed by atoms with Gasteiger partial charge in [-0.2, -0.15) is 0 Å². The first-order chi connectivity index (χ1) is 11.4. The molecule has 0 saturated carbocycles. The maximum Gasteiger partial charge on any atom is 0.241 e. The zero-order chi connectivity index (χ0) is 18.0. The summed E-state index contributed by atoms with van der Waals surface area (Å²) in [4.78, 5) is 15.9. The fourth-order valence-corrected chi connectivity index (χ4v) is 2.13. The number of guanidine groups is 1. The normalized spacial score (nSPS) is 11.5. The van der Waals surface area contributed by atoms with Crippen molar-refractivity contribution in [2.45, 2.75) is 39.5 Å². The van der Waals surface area contributed by atoms with E-state index in [0.717, 1.165) is 12.0 Å². The van der Waals surface area contributed by atoms with Gasteiger partial charge in [0.15, 0.2) is 5.96 Å². The van der Waals surface area contributed by atoms with Gasteiger partial charge in [0.2, 0.25) is 5.91 Å². The summed E-state index contributed by atoms with van der Waals surface area (Å²) in [6, 6.07) is 6.61. The lowest BCUT2D eigenvalue weighted by Gasteiger charge is -2.26. The molecule has 0 unspecified atom stereocenters. The fourth-order valence-electron chi connectivity index (χ4n) is 2.13. The molecule has 1 aromatic carbocycles. The number of nitrogens with zero attached hydrogens (tertiary/aromatic N) is 1. The lowest BCUT2D eigenvalue weighted by atomic mass is 9.84. The van der Waals surface area contributed by atoms with Crippen LogP contribution in [0.3, 0.4) is 0 Å². The lowest BCUT2D eigenvalue weighted by Crippen LogP contribution is -2.44. The number of nitrogens with one attached hydrogen (secondary N) is 3. The number of hydrogen-bond donors (Lipinski definition) is 3. The average Bonchev–Trinajstić information content (AvgIpc) is 2.55. The summed E-state index contributed by atoms with van der Waals surface area (Å²) in [5, 5.41) is 9.13. The predicted molar refractivity (Wildman–Crippen MR) is 112 cm³/mol. The minimum atomic E-state index is -0.275. The van der Waals surface area contributed by atoms with E-state index in [4.69, 9.17) is 0 Å². The van der Waals surface area contributed by atoms with Gasteiger partial charge in [-0.05, 0) is 31.0 Å². The van der Waals surface area contributed by atoms with E-state index in [2.05, 4.69) is 20.9 Å². The number of carbonyl (C=O) groups is 1. The standard InChI is InChI=1S/C18H29FN4O.HI/c1-5-10-21-16(24)12-22-17(20-6-2)23-13-18(3,4)14-8-7-9-15(19)11-14;/h7-9,11H,5-6,10,12-13H2,1-4H3,(H,21,24)(H2,20,22,23);1H. The Hall–Kier alpha value is -1.38. The van der Waals surface area contributed by atoms with Gasteiger partial charge in [0.05, 0.1) is 0 Å². The van der Waals surface area contributed by atoms with E-state index < -0.39 is 0 Å². The van der Waals surface area contributed by atoms with E-state index in [1.165, 1.54) is 6.07 Å². The molecule has 0 fully saturated rings. The van der Waals surface area contributed by atoms with Crippen molar-refractivity contribution in [1.29, 1.82) is 0 Å². The molecule has 0 spiro atoms. The first-order valence-electron chi connectivity index (χ1n) is 8.44. The summed E-state index contributed by atoms with van der Waals surface area (Å²) >= 11 is 0. The highest BCUT2D eigenvalue weighted by Crippen LogP contribution is 2.22. The number of carbonyl (C=O) groups excluding carboxylic acids is 1. The number of hydrogen-bond acceptors (Lipinski definition) is 2. The Labute approximate surface area is 167 Å². The van der Waals surface area contributed by atoms with E-state index in [1.54, 1.807) is 12.1 Å². The van der Waals surface area contributed by atoms with Gasteiger partial charge in [-0.25, -0.2) is 9.38 Å². The first-order valence-corrected chi connectivity index (χ1v) is 8.44. The number of amides is 1. The highest BCUT2D eigenvalue weighted by atomic mass is 127. The highest BCUT2D eigenvalue weighted by Gasteiger charge is 2.21. The third-order valence-electron chi connectivity index (χ3n) is 3.60. The van der Waals surface area contributed by atoms with Gasteiger partial charge in [-0.1, -0.05) is 32.9 Å². The topological polar surface area (TPSA) is 65.5 Å². The van der Waals surface area contributed by atoms with Crippen LogP contribution in [0.2, 0.25) is 0 Å². The molecule has 0 saturated heterocycles. The molecule has 1 rings (SSSR count). The summed E-state index contributed by atoms with van der Waals surface area (Å²) in [6.45, 7) is 10.0. The molecule has 25 heavy (non-hydrogen) atoms. The predicted octanol–water partition coefficient (Wildman–Crippen LogP) is 2.80. The average molecular weight is 464 g/mol. The van der Waals surface area contributed by atoms with Gasteiger partial charge < -0.3 is 16.0 Å². The molecule has 0 atom stereocenters. The van der Waals surface area contributed by atoms with Crippen LogP contribution >= 0.6 is 24.0 Å². The fraction of sp³-hybridized carbons (Fsp3) is 0.556. The Balaban J connectivity index is 0.00000576. The summed E-state index contributed by atoms with van der Waals surface area (Å²) in [6.07, 6.45) is 0.898. The molecule has 0 aliphatic carbocycles. The molecule has 142 valence electrons. The van der Waals surface area contributed by atoms with E-state index in [-0.39, 0.29) is 47.7 Å². The Bertz CT molecular complexity index is 564. The highest BCUT2D eigenvalue weighted by molar-refractivity contribution is 14.0. The molecule has 0 aliphatic rings.